The Balaban J connectivity index is 0. The van der Waals surface area contributed by atoms with Crippen LogP contribution in [0.5, 0.6) is 0 Å². The quantitative estimate of drug-likeness (QED) is 0.574. The molecule has 1 heteroatoms. The Kier molecular flexibility index (Phi) is 17.8. The van der Waals surface area contributed by atoms with Gasteiger partial charge in [0.2, 0.25) is 0 Å². The molecule has 0 fully saturated rings. The fourth-order valence-electron chi connectivity index (χ4n) is 1.11. The summed E-state index contributed by atoms with van der Waals surface area (Å²) in [5.41, 5.74) is 0. The molecule has 0 N–H and O–H groups in total. The highest BCUT2D eigenvalue weighted by atomic mass is 32.2. The number of hydrogen-bond acceptors (Lipinski definition) is 1. The van der Waals surface area contributed by atoms with Crippen molar-refractivity contribution in [2.24, 2.45) is 0 Å². The van der Waals surface area contributed by atoms with E-state index in [9.17, 15) is 0 Å². The van der Waals surface area contributed by atoms with E-state index in [-0.39, 0.29) is 0 Å². The first-order valence-electron chi connectivity index (χ1n) is 7.23. The van der Waals surface area contributed by atoms with E-state index in [2.05, 4.69) is 48.5 Å². The first-order valence-corrected chi connectivity index (χ1v) is 8.05. The zero-order valence-electron chi connectivity index (χ0n) is 13.2. The van der Waals surface area contributed by atoms with Crippen molar-refractivity contribution in [1.29, 1.82) is 0 Å². The molecule has 0 bridgehead atoms. The highest BCUT2D eigenvalue weighted by Gasteiger charge is 1.93. The van der Waals surface area contributed by atoms with E-state index in [1.54, 1.807) is 11.8 Å². The molecule has 0 spiro atoms. The molecule has 0 aliphatic heterocycles. The first kappa shape index (κ1) is 20.1. The first-order chi connectivity index (χ1) is 9.45. The van der Waals surface area contributed by atoms with Gasteiger partial charge in [-0.15, -0.1) is 0 Å². The summed E-state index contributed by atoms with van der Waals surface area (Å²) in [6.07, 6.45) is 0. The van der Waals surface area contributed by atoms with Crippen LogP contribution in [0, 0.1) is 0 Å². The van der Waals surface area contributed by atoms with E-state index in [0.29, 0.717) is 0 Å². The van der Waals surface area contributed by atoms with E-state index < -0.39 is 0 Å². The van der Waals surface area contributed by atoms with Crippen molar-refractivity contribution in [1.82, 2.24) is 0 Å². The predicted octanol–water partition coefficient (Wildman–Crippen LogP) is 6.92. The summed E-state index contributed by atoms with van der Waals surface area (Å²) in [7, 11) is 0. The van der Waals surface area contributed by atoms with Gasteiger partial charge in [-0.25, -0.2) is 0 Å². The van der Waals surface area contributed by atoms with Gasteiger partial charge < -0.3 is 0 Å². The minimum absolute atomic E-state index is 1.29. The summed E-state index contributed by atoms with van der Waals surface area (Å²) in [6, 6.07) is 20.8. The summed E-state index contributed by atoms with van der Waals surface area (Å²) in [5.74, 6) is 0. The summed E-state index contributed by atoms with van der Waals surface area (Å²) in [5, 5.41) is 0. The minimum atomic E-state index is 1.29. The molecule has 2 aromatic carbocycles. The molecule has 0 radical (unpaired) electrons. The average molecular weight is 276 g/mol. The van der Waals surface area contributed by atoms with Gasteiger partial charge in [-0.1, -0.05) is 89.7 Å². The summed E-state index contributed by atoms with van der Waals surface area (Å²) < 4.78 is 0. The SMILES string of the molecule is CC.CC.CC.c1ccc(Sc2ccccc2)cc1. The molecule has 0 aliphatic rings. The zero-order chi connectivity index (χ0) is 14.9. The van der Waals surface area contributed by atoms with Crippen molar-refractivity contribution < 1.29 is 0 Å². The Morgan fingerprint density at radius 2 is 0.737 bits per heavy atom. The third-order valence-electron chi connectivity index (χ3n) is 1.72. The normalized spacial score (nSPS) is 7.68. The fourth-order valence-corrected chi connectivity index (χ4v) is 1.97. The molecule has 0 atom stereocenters. The van der Waals surface area contributed by atoms with Gasteiger partial charge in [0.1, 0.15) is 0 Å². The van der Waals surface area contributed by atoms with Crippen molar-refractivity contribution >= 4 is 11.8 Å². The van der Waals surface area contributed by atoms with Crippen molar-refractivity contribution in [2.45, 2.75) is 51.3 Å². The van der Waals surface area contributed by atoms with Crippen LogP contribution >= 0.6 is 11.8 Å². The second-order valence-electron chi connectivity index (χ2n) is 2.73. The van der Waals surface area contributed by atoms with Crippen molar-refractivity contribution in [3.8, 4) is 0 Å². The Hall–Kier alpha value is -1.21. The zero-order valence-corrected chi connectivity index (χ0v) is 14.0. The standard InChI is InChI=1S/C12H10S.3C2H6/c1-3-7-11(8-4-1)13-12-9-5-2-6-10-12;3*1-2/h1-10H;3*1-2H3. The highest BCUT2D eigenvalue weighted by Crippen LogP contribution is 2.26. The molecule has 0 aliphatic carbocycles. The highest BCUT2D eigenvalue weighted by molar-refractivity contribution is 7.99. The van der Waals surface area contributed by atoms with Crippen LogP contribution in [0.4, 0.5) is 0 Å². The lowest BCUT2D eigenvalue weighted by atomic mass is 10.4. The topological polar surface area (TPSA) is 0 Å². The smallest absolute Gasteiger partial charge is 0.0122 e. The van der Waals surface area contributed by atoms with Crippen molar-refractivity contribution in [2.75, 3.05) is 0 Å². The van der Waals surface area contributed by atoms with Crippen molar-refractivity contribution in [3.63, 3.8) is 0 Å². The Morgan fingerprint density at radius 3 is 1.00 bits per heavy atom. The molecule has 0 amide bonds. The van der Waals surface area contributed by atoms with Gasteiger partial charge in [-0.3, -0.25) is 0 Å². The Morgan fingerprint density at radius 1 is 0.474 bits per heavy atom. The third kappa shape index (κ3) is 10.4. The van der Waals surface area contributed by atoms with E-state index in [4.69, 9.17) is 0 Å². The molecule has 19 heavy (non-hydrogen) atoms. The van der Waals surface area contributed by atoms with Crippen molar-refractivity contribution in [3.05, 3.63) is 60.7 Å². The predicted molar refractivity (Wildman–Crippen MR) is 91.1 cm³/mol. The largest absolute Gasteiger partial charge is 0.0901 e. The third-order valence-corrected chi connectivity index (χ3v) is 2.74. The number of hydrogen-bond donors (Lipinski definition) is 0. The fraction of sp³-hybridized carbons (Fsp3) is 0.333. The van der Waals surface area contributed by atoms with E-state index in [1.165, 1.54) is 9.79 Å². The van der Waals surface area contributed by atoms with Crippen LogP contribution < -0.4 is 0 Å². The second kappa shape index (κ2) is 16.8. The van der Waals surface area contributed by atoms with Crippen LogP contribution in [-0.2, 0) is 0 Å². The van der Waals surface area contributed by atoms with Crippen LogP contribution in [0.2, 0.25) is 0 Å². The molecule has 106 valence electrons. The molecule has 0 aromatic heterocycles. The lowest BCUT2D eigenvalue weighted by Crippen LogP contribution is -1.70. The average Bonchev–Trinajstić information content (AvgIpc) is 2.55. The van der Waals surface area contributed by atoms with E-state index in [0.717, 1.165) is 0 Å². The van der Waals surface area contributed by atoms with Crippen LogP contribution in [0.25, 0.3) is 0 Å². The van der Waals surface area contributed by atoms with Crippen LogP contribution in [0.15, 0.2) is 70.5 Å². The van der Waals surface area contributed by atoms with Gasteiger partial charge in [0.25, 0.3) is 0 Å². The van der Waals surface area contributed by atoms with Gasteiger partial charge in [0, 0.05) is 9.79 Å². The minimum Gasteiger partial charge on any atom is -0.0901 e. The molecule has 2 rings (SSSR count). The Labute approximate surface area is 124 Å². The lowest BCUT2D eigenvalue weighted by molar-refractivity contribution is 1.41. The van der Waals surface area contributed by atoms with Gasteiger partial charge in [0.15, 0.2) is 0 Å². The maximum Gasteiger partial charge on any atom is 0.0122 e. The maximum absolute atomic E-state index is 2.12. The van der Waals surface area contributed by atoms with E-state index in [1.807, 2.05) is 53.7 Å². The molecule has 0 saturated carbocycles. The van der Waals surface area contributed by atoms with Gasteiger partial charge >= 0.3 is 0 Å². The number of benzene rings is 2. The summed E-state index contributed by atoms with van der Waals surface area (Å²) in [4.78, 5) is 2.57. The molecular weight excluding hydrogens is 248 g/mol. The van der Waals surface area contributed by atoms with E-state index >= 15 is 0 Å². The summed E-state index contributed by atoms with van der Waals surface area (Å²) in [6.45, 7) is 12.0. The van der Waals surface area contributed by atoms with Gasteiger partial charge in [0.05, 0.1) is 0 Å². The van der Waals surface area contributed by atoms with Crippen LogP contribution in [-0.4, -0.2) is 0 Å². The second-order valence-corrected chi connectivity index (χ2v) is 3.88. The number of rotatable bonds is 2. The molecule has 2 aromatic rings. The lowest BCUT2D eigenvalue weighted by Gasteiger charge is -1.99. The molecular formula is C18H28S. The van der Waals surface area contributed by atoms with Gasteiger partial charge in [-0.05, 0) is 24.3 Å². The van der Waals surface area contributed by atoms with Crippen LogP contribution in [0.3, 0.4) is 0 Å². The Bertz CT molecular complexity index is 316. The molecule has 0 nitrogen and oxygen atoms in total. The van der Waals surface area contributed by atoms with Crippen LogP contribution in [0.1, 0.15) is 41.5 Å². The monoisotopic (exact) mass is 276 g/mol. The molecule has 0 heterocycles. The molecule has 0 unspecified atom stereocenters. The van der Waals surface area contributed by atoms with Gasteiger partial charge in [-0.2, -0.15) is 0 Å². The molecule has 0 saturated heterocycles. The maximum atomic E-state index is 2.12. The summed E-state index contributed by atoms with van der Waals surface area (Å²) >= 11 is 1.79.